The standard InChI is InChI=1S/C28H29NO4S/c1-28(2)16-15-22-17-20(9-13-26(22)33-28)19-29(23-7-5-4-6-8-23)34(30,31)24-12-14-27(32-3)25(18-24)21-10-11-21/h4-9,12-18,21H,10-11,19H2,1-3H3. The molecule has 0 spiro atoms. The van der Waals surface area contributed by atoms with Crippen LogP contribution in [0.25, 0.3) is 6.08 Å². The molecule has 0 radical (unpaired) electrons. The van der Waals surface area contributed by atoms with Crippen molar-refractivity contribution in [3.8, 4) is 11.5 Å². The Bertz CT molecular complexity index is 1340. The molecule has 2 aliphatic rings. The van der Waals surface area contributed by atoms with Gasteiger partial charge in [-0.25, -0.2) is 8.42 Å². The molecule has 0 amide bonds. The number of para-hydroxylation sites is 1. The zero-order valence-electron chi connectivity index (χ0n) is 19.7. The molecule has 1 heterocycles. The minimum atomic E-state index is -3.82. The van der Waals surface area contributed by atoms with Gasteiger partial charge in [-0.1, -0.05) is 30.3 Å². The summed E-state index contributed by atoms with van der Waals surface area (Å²) in [5.74, 6) is 1.92. The highest BCUT2D eigenvalue weighted by atomic mass is 32.2. The van der Waals surface area contributed by atoms with Gasteiger partial charge in [-0.2, -0.15) is 0 Å². The van der Waals surface area contributed by atoms with Gasteiger partial charge in [0, 0.05) is 5.56 Å². The van der Waals surface area contributed by atoms with Gasteiger partial charge in [0.2, 0.25) is 0 Å². The topological polar surface area (TPSA) is 55.8 Å². The van der Waals surface area contributed by atoms with Gasteiger partial charge in [-0.15, -0.1) is 0 Å². The smallest absolute Gasteiger partial charge is 0.264 e. The van der Waals surface area contributed by atoms with Crippen molar-refractivity contribution in [1.82, 2.24) is 0 Å². The first-order valence-electron chi connectivity index (χ1n) is 11.5. The second-order valence-corrected chi connectivity index (χ2v) is 11.3. The number of hydrogen-bond acceptors (Lipinski definition) is 4. The van der Waals surface area contributed by atoms with E-state index < -0.39 is 10.0 Å². The summed E-state index contributed by atoms with van der Waals surface area (Å²) in [4.78, 5) is 0.280. The van der Waals surface area contributed by atoms with Crippen molar-refractivity contribution in [1.29, 1.82) is 0 Å². The Balaban J connectivity index is 1.53. The molecule has 0 unspecified atom stereocenters. The van der Waals surface area contributed by atoms with Crippen molar-refractivity contribution in [2.24, 2.45) is 0 Å². The van der Waals surface area contributed by atoms with E-state index in [1.165, 1.54) is 4.31 Å². The van der Waals surface area contributed by atoms with Gasteiger partial charge in [-0.3, -0.25) is 4.31 Å². The van der Waals surface area contributed by atoms with Crippen LogP contribution < -0.4 is 13.8 Å². The van der Waals surface area contributed by atoms with Gasteiger partial charge in [0.15, 0.2) is 0 Å². The fourth-order valence-electron chi connectivity index (χ4n) is 4.32. The van der Waals surface area contributed by atoms with E-state index in [0.29, 0.717) is 11.6 Å². The van der Waals surface area contributed by atoms with E-state index in [-0.39, 0.29) is 17.0 Å². The van der Waals surface area contributed by atoms with Crippen LogP contribution in [0.3, 0.4) is 0 Å². The number of nitrogens with zero attached hydrogens (tertiary/aromatic N) is 1. The maximum atomic E-state index is 14.0. The molecular weight excluding hydrogens is 446 g/mol. The van der Waals surface area contributed by atoms with Gasteiger partial charge in [0.05, 0.1) is 24.2 Å². The van der Waals surface area contributed by atoms with E-state index in [0.717, 1.165) is 41.0 Å². The van der Waals surface area contributed by atoms with Crippen LogP contribution in [0.2, 0.25) is 0 Å². The lowest BCUT2D eigenvalue weighted by atomic mass is 10.0. The second kappa shape index (κ2) is 8.51. The van der Waals surface area contributed by atoms with Crippen LogP contribution in [-0.2, 0) is 16.6 Å². The molecule has 0 atom stereocenters. The summed E-state index contributed by atoms with van der Waals surface area (Å²) in [7, 11) is -2.19. The van der Waals surface area contributed by atoms with Crippen molar-refractivity contribution in [3.63, 3.8) is 0 Å². The molecule has 3 aromatic rings. The molecule has 1 aliphatic heterocycles. The Labute approximate surface area is 201 Å². The first-order valence-corrected chi connectivity index (χ1v) is 13.0. The number of anilines is 1. The summed E-state index contributed by atoms with van der Waals surface area (Å²) in [6, 6.07) is 20.3. The Morgan fingerprint density at radius 3 is 2.50 bits per heavy atom. The largest absolute Gasteiger partial charge is 0.496 e. The molecule has 5 rings (SSSR count). The first kappa shape index (κ1) is 22.5. The summed E-state index contributed by atoms with van der Waals surface area (Å²) in [6.07, 6.45) is 6.17. The number of sulfonamides is 1. The molecule has 34 heavy (non-hydrogen) atoms. The van der Waals surface area contributed by atoms with E-state index in [2.05, 4.69) is 0 Å². The highest BCUT2D eigenvalue weighted by Crippen LogP contribution is 2.45. The minimum Gasteiger partial charge on any atom is -0.496 e. The molecule has 0 saturated heterocycles. The number of fused-ring (bicyclic) bond motifs is 1. The van der Waals surface area contributed by atoms with Crippen molar-refractivity contribution in [3.05, 3.63) is 89.5 Å². The van der Waals surface area contributed by atoms with Crippen molar-refractivity contribution < 1.29 is 17.9 Å². The lowest BCUT2D eigenvalue weighted by molar-refractivity contribution is 0.159. The quantitative estimate of drug-likeness (QED) is 0.411. The minimum absolute atomic E-state index is 0.210. The van der Waals surface area contributed by atoms with Crippen molar-refractivity contribution >= 4 is 21.8 Å². The molecule has 1 fully saturated rings. The molecule has 0 aromatic heterocycles. The number of rotatable bonds is 7. The number of ether oxygens (including phenoxy) is 2. The predicted octanol–water partition coefficient (Wildman–Crippen LogP) is 6.15. The van der Waals surface area contributed by atoms with Crippen LogP contribution in [0.15, 0.2) is 77.7 Å². The highest BCUT2D eigenvalue weighted by molar-refractivity contribution is 7.92. The van der Waals surface area contributed by atoms with E-state index in [1.54, 1.807) is 25.3 Å². The van der Waals surface area contributed by atoms with E-state index in [9.17, 15) is 8.42 Å². The van der Waals surface area contributed by atoms with E-state index >= 15 is 0 Å². The maximum Gasteiger partial charge on any atom is 0.264 e. The Hall–Kier alpha value is -3.25. The SMILES string of the molecule is COc1ccc(S(=O)(=O)N(Cc2ccc3c(c2)C=CC(C)(C)O3)c2ccccc2)cc1C1CC1. The maximum absolute atomic E-state index is 14.0. The Morgan fingerprint density at radius 2 is 1.79 bits per heavy atom. The van der Waals surface area contributed by atoms with Gasteiger partial charge < -0.3 is 9.47 Å². The van der Waals surface area contributed by atoms with E-state index in [4.69, 9.17) is 9.47 Å². The van der Waals surface area contributed by atoms with E-state index in [1.807, 2.05) is 74.5 Å². The fourth-order valence-corrected chi connectivity index (χ4v) is 5.80. The zero-order valence-corrected chi connectivity index (χ0v) is 20.5. The normalized spacial score (nSPS) is 16.4. The van der Waals surface area contributed by atoms with Gasteiger partial charge in [0.25, 0.3) is 10.0 Å². The molecule has 3 aromatic carbocycles. The predicted molar refractivity (Wildman–Crippen MR) is 135 cm³/mol. The monoisotopic (exact) mass is 475 g/mol. The fraction of sp³-hybridized carbons (Fsp3) is 0.286. The van der Waals surface area contributed by atoms with Crippen LogP contribution >= 0.6 is 0 Å². The van der Waals surface area contributed by atoms with Gasteiger partial charge in [0.1, 0.15) is 17.1 Å². The summed E-state index contributed by atoms with van der Waals surface area (Å²) in [6.45, 7) is 4.23. The first-order chi connectivity index (χ1) is 16.3. The summed E-state index contributed by atoms with van der Waals surface area (Å²) >= 11 is 0. The molecule has 6 heteroatoms. The third kappa shape index (κ3) is 4.42. The van der Waals surface area contributed by atoms with Gasteiger partial charge in [-0.05, 0) is 92.3 Å². The molecule has 0 bridgehead atoms. The molecular formula is C28H29NO4S. The molecule has 5 nitrogen and oxygen atoms in total. The van der Waals surface area contributed by atoms with Crippen molar-refractivity contribution in [2.75, 3.05) is 11.4 Å². The average molecular weight is 476 g/mol. The number of benzene rings is 3. The lowest BCUT2D eigenvalue weighted by Gasteiger charge is -2.29. The lowest BCUT2D eigenvalue weighted by Crippen LogP contribution is -2.31. The third-order valence-electron chi connectivity index (χ3n) is 6.29. The highest BCUT2D eigenvalue weighted by Gasteiger charge is 2.31. The van der Waals surface area contributed by atoms with Crippen LogP contribution in [0.4, 0.5) is 5.69 Å². The third-order valence-corrected chi connectivity index (χ3v) is 8.06. The van der Waals surface area contributed by atoms with Crippen LogP contribution in [0.1, 0.15) is 49.3 Å². The number of methoxy groups -OCH3 is 1. The zero-order chi connectivity index (χ0) is 23.9. The molecule has 1 saturated carbocycles. The van der Waals surface area contributed by atoms with Crippen molar-refractivity contribution in [2.45, 2.75) is 49.6 Å². The second-order valence-electron chi connectivity index (χ2n) is 9.44. The Kier molecular flexibility index (Phi) is 5.64. The Morgan fingerprint density at radius 1 is 1.03 bits per heavy atom. The van der Waals surface area contributed by atoms with Gasteiger partial charge >= 0.3 is 0 Å². The summed E-state index contributed by atoms with van der Waals surface area (Å²) in [5, 5.41) is 0. The average Bonchev–Trinajstić information content (AvgIpc) is 3.67. The number of hydrogen-bond donors (Lipinski definition) is 0. The van der Waals surface area contributed by atoms with Crippen LogP contribution in [-0.4, -0.2) is 21.1 Å². The van der Waals surface area contributed by atoms with Crippen LogP contribution in [0, 0.1) is 0 Å². The summed E-state index contributed by atoms with van der Waals surface area (Å²) < 4.78 is 40.9. The molecule has 1 aliphatic carbocycles. The summed E-state index contributed by atoms with van der Waals surface area (Å²) in [5.41, 5.74) is 3.06. The molecule has 0 N–H and O–H groups in total. The van der Waals surface area contributed by atoms with Crippen LogP contribution in [0.5, 0.6) is 11.5 Å². The molecule has 176 valence electrons.